The Labute approximate surface area is 166 Å². The van der Waals surface area contributed by atoms with Crippen LogP contribution in [0.15, 0.2) is 16.7 Å². The summed E-state index contributed by atoms with van der Waals surface area (Å²) in [6.45, 7) is 1.16. The lowest BCUT2D eigenvalue weighted by molar-refractivity contribution is 0.115. The van der Waals surface area contributed by atoms with Gasteiger partial charge in [-0.3, -0.25) is 0 Å². The average Bonchev–Trinajstić information content (AvgIpc) is 3.48. The van der Waals surface area contributed by atoms with Crippen molar-refractivity contribution in [3.63, 3.8) is 0 Å². The Morgan fingerprint density at radius 1 is 1.24 bits per heavy atom. The van der Waals surface area contributed by atoms with Crippen molar-refractivity contribution >= 4 is 23.0 Å². The maximum Gasteiger partial charge on any atom is 0.318 e. The topological polar surface area (TPSA) is 90.7 Å². The van der Waals surface area contributed by atoms with E-state index < -0.39 is 11.6 Å². The molecule has 4 amide bonds. The van der Waals surface area contributed by atoms with Gasteiger partial charge in [-0.15, -0.1) is 0 Å². The number of amides is 4. The molecule has 1 aliphatic carbocycles. The lowest BCUT2D eigenvalue weighted by atomic mass is 10.0. The maximum absolute atomic E-state index is 13.5. The van der Waals surface area contributed by atoms with Gasteiger partial charge in [0.25, 0.3) is 0 Å². The van der Waals surface area contributed by atoms with Gasteiger partial charge in [0.05, 0.1) is 12.6 Å². The van der Waals surface area contributed by atoms with Crippen molar-refractivity contribution in [1.82, 2.24) is 25.6 Å². The van der Waals surface area contributed by atoms with Crippen LogP contribution in [0.5, 0.6) is 0 Å². The van der Waals surface area contributed by atoms with E-state index in [0.717, 1.165) is 37.8 Å². The largest absolute Gasteiger partial charge is 0.358 e. The molecule has 1 saturated carbocycles. The molecule has 1 atom stereocenters. The Hall–Kier alpha value is -2.91. The molecule has 1 aromatic carbocycles. The van der Waals surface area contributed by atoms with Gasteiger partial charge in [-0.05, 0) is 31.7 Å². The van der Waals surface area contributed by atoms with Gasteiger partial charge in [0.15, 0.2) is 17.4 Å². The second-order valence-corrected chi connectivity index (χ2v) is 7.48. The summed E-state index contributed by atoms with van der Waals surface area (Å²) in [5.41, 5.74) is 0.195. The predicted octanol–water partition coefficient (Wildman–Crippen LogP) is 2.58. The molecule has 0 radical (unpaired) electrons. The van der Waals surface area contributed by atoms with Crippen LogP contribution in [0.25, 0.3) is 10.9 Å². The highest BCUT2D eigenvalue weighted by Gasteiger charge is 2.39. The van der Waals surface area contributed by atoms with E-state index in [0.29, 0.717) is 18.5 Å². The summed E-state index contributed by atoms with van der Waals surface area (Å²) in [4.78, 5) is 28.4. The summed E-state index contributed by atoms with van der Waals surface area (Å²) in [6.07, 6.45) is 3.51. The molecular weight excluding hydrogens is 384 g/mol. The summed E-state index contributed by atoms with van der Waals surface area (Å²) in [5.74, 6) is -1.73. The number of rotatable bonds is 4. The van der Waals surface area contributed by atoms with E-state index in [1.807, 2.05) is 4.90 Å². The maximum atomic E-state index is 13.5. The zero-order valence-corrected chi connectivity index (χ0v) is 16.1. The molecule has 2 N–H and O–H groups in total. The minimum atomic E-state index is -1.00. The number of urea groups is 2. The highest BCUT2D eigenvalue weighted by molar-refractivity contribution is 5.81. The number of hydrogen-bond donors (Lipinski definition) is 2. The Morgan fingerprint density at radius 3 is 2.72 bits per heavy atom. The average molecular weight is 407 g/mol. The number of aromatic nitrogens is 1. The molecule has 0 spiro atoms. The fourth-order valence-corrected chi connectivity index (χ4v) is 3.87. The smallest absolute Gasteiger partial charge is 0.318 e. The lowest BCUT2D eigenvalue weighted by Gasteiger charge is -2.39. The van der Waals surface area contributed by atoms with Crippen LogP contribution in [-0.2, 0) is 6.54 Å². The minimum absolute atomic E-state index is 0.00943. The van der Waals surface area contributed by atoms with Crippen LogP contribution in [0.1, 0.15) is 31.4 Å². The Kier molecular flexibility index (Phi) is 5.25. The minimum Gasteiger partial charge on any atom is -0.358 e. The molecule has 8 nitrogen and oxygen atoms in total. The Morgan fingerprint density at radius 2 is 2.00 bits per heavy atom. The van der Waals surface area contributed by atoms with Crippen molar-refractivity contribution < 1.29 is 22.9 Å². The monoisotopic (exact) mass is 407 g/mol. The molecule has 0 unspecified atom stereocenters. The molecule has 1 aromatic heterocycles. The molecule has 2 aromatic rings. The highest BCUT2D eigenvalue weighted by atomic mass is 19.2. The van der Waals surface area contributed by atoms with Crippen LogP contribution in [-0.4, -0.2) is 59.2 Å². The summed E-state index contributed by atoms with van der Waals surface area (Å²) in [5, 5.41) is 9.48. The van der Waals surface area contributed by atoms with E-state index >= 15 is 0 Å². The van der Waals surface area contributed by atoms with Crippen LogP contribution in [0.2, 0.25) is 0 Å². The highest BCUT2D eigenvalue weighted by Crippen LogP contribution is 2.31. The quantitative estimate of drug-likeness (QED) is 0.815. The Balaban J connectivity index is 1.45. The number of fused-ring (bicyclic) bond motifs is 1. The zero-order chi connectivity index (χ0) is 20.5. The molecule has 1 aliphatic heterocycles. The van der Waals surface area contributed by atoms with Gasteiger partial charge in [0, 0.05) is 37.6 Å². The van der Waals surface area contributed by atoms with Crippen molar-refractivity contribution in [1.29, 1.82) is 0 Å². The van der Waals surface area contributed by atoms with E-state index in [1.165, 1.54) is 0 Å². The molecule has 1 saturated heterocycles. The summed E-state index contributed by atoms with van der Waals surface area (Å²) < 4.78 is 32.0. The van der Waals surface area contributed by atoms with Gasteiger partial charge in [-0.25, -0.2) is 18.4 Å². The number of piperidine rings is 1. The third kappa shape index (κ3) is 3.96. The van der Waals surface area contributed by atoms with E-state index in [1.54, 1.807) is 11.9 Å². The SMILES string of the molecule is CNC(=O)N1CCC[C@@H](N(C(=O)NCc2onc3cc(F)c(F)cc23)C2CC2)C1. The van der Waals surface area contributed by atoms with E-state index in [2.05, 4.69) is 15.8 Å². The van der Waals surface area contributed by atoms with E-state index in [4.69, 9.17) is 4.52 Å². The number of nitrogens with zero attached hydrogens (tertiary/aromatic N) is 3. The van der Waals surface area contributed by atoms with Gasteiger partial charge >= 0.3 is 12.1 Å². The fraction of sp³-hybridized carbons (Fsp3) is 0.526. The van der Waals surface area contributed by atoms with E-state index in [-0.39, 0.29) is 42.0 Å². The molecule has 156 valence electrons. The predicted molar refractivity (Wildman–Crippen MR) is 100 cm³/mol. The van der Waals surface area contributed by atoms with Crippen molar-refractivity contribution in [2.45, 2.75) is 44.3 Å². The van der Waals surface area contributed by atoms with Crippen molar-refractivity contribution in [2.75, 3.05) is 20.1 Å². The number of likely N-dealkylation sites (tertiary alicyclic amines) is 1. The van der Waals surface area contributed by atoms with Crippen LogP contribution < -0.4 is 10.6 Å². The van der Waals surface area contributed by atoms with Crippen LogP contribution in [0.4, 0.5) is 18.4 Å². The summed E-state index contributed by atoms with van der Waals surface area (Å²) >= 11 is 0. The van der Waals surface area contributed by atoms with Gasteiger partial charge in [-0.1, -0.05) is 5.16 Å². The molecule has 2 fully saturated rings. The summed E-state index contributed by atoms with van der Waals surface area (Å²) in [7, 11) is 1.59. The first-order chi connectivity index (χ1) is 14.0. The number of carbonyl (C=O) groups is 2. The van der Waals surface area contributed by atoms with Crippen molar-refractivity contribution in [2.24, 2.45) is 0 Å². The standard InChI is InChI=1S/C19H23F2N5O3/c1-22-18(27)25-6-2-3-12(10-25)26(11-4-5-11)19(28)23-9-17-13-7-14(20)15(21)8-16(13)24-29-17/h7-8,11-12H,2-6,9-10H2,1H3,(H,22,27)(H,23,28)/t12-/m1/s1. The van der Waals surface area contributed by atoms with E-state index in [9.17, 15) is 18.4 Å². The summed E-state index contributed by atoms with van der Waals surface area (Å²) in [6, 6.07) is 1.67. The number of hydrogen-bond acceptors (Lipinski definition) is 4. The second kappa shape index (κ2) is 7.84. The van der Waals surface area contributed by atoms with Gasteiger partial charge in [0.2, 0.25) is 0 Å². The number of carbonyl (C=O) groups excluding carboxylic acids is 2. The molecule has 10 heteroatoms. The first-order valence-electron chi connectivity index (χ1n) is 9.74. The number of benzene rings is 1. The molecule has 29 heavy (non-hydrogen) atoms. The third-order valence-electron chi connectivity index (χ3n) is 5.46. The van der Waals surface area contributed by atoms with Crippen molar-refractivity contribution in [3.8, 4) is 0 Å². The fourth-order valence-electron chi connectivity index (χ4n) is 3.87. The van der Waals surface area contributed by atoms with Crippen LogP contribution in [0, 0.1) is 11.6 Å². The van der Waals surface area contributed by atoms with Crippen LogP contribution >= 0.6 is 0 Å². The molecule has 0 bridgehead atoms. The van der Waals surface area contributed by atoms with Gasteiger partial charge in [0.1, 0.15) is 5.52 Å². The first kappa shape index (κ1) is 19.4. The number of halogens is 2. The molecule has 2 heterocycles. The number of nitrogens with one attached hydrogen (secondary N) is 2. The normalized spacial score (nSPS) is 19.3. The Bertz CT molecular complexity index is 930. The molecule has 4 rings (SSSR count). The molecular formula is C19H23F2N5O3. The zero-order valence-electron chi connectivity index (χ0n) is 16.1. The van der Waals surface area contributed by atoms with Crippen LogP contribution in [0.3, 0.4) is 0 Å². The van der Waals surface area contributed by atoms with Crippen molar-refractivity contribution in [3.05, 3.63) is 29.5 Å². The van der Waals surface area contributed by atoms with Gasteiger partial charge < -0.3 is 25.0 Å². The molecule has 2 aliphatic rings. The second-order valence-electron chi connectivity index (χ2n) is 7.48. The first-order valence-corrected chi connectivity index (χ1v) is 9.74. The van der Waals surface area contributed by atoms with Gasteiger partial charge in [-0.2, -0.15) is 0 Å². The third-order valence-corrected chi connectivity index (χ3v) is 5.46. The lowest BCUT2D eigenvalue weighted by Crippen LogP contribution is -2.56.